The van der Waals surface area contributed by atoms with Crippen LogP contribution in [0.15, 0.2) is 30.3 Å². The SMILES string of the molecule is CNC(=O)c1ccc(/C=C/C(=O)NCCCN2CCCCCC2=O)cc1. The summed E-state index contributed by atoms with van der Waals surface area (Å²) < 4.78 is 0. The number of hydrogen-bond donors (Lipinski definition) is 2. The number of likely N-dealkylation sites (tertiary alicyclic amines) is 1. The molecular weight excluding hydrogens is 330 g/mol. The zero-order chi connectivity index (χ0) is 18.8. The molecule has 26 heavy (non-hydrogen) atoms. The molecule has 0 radical (unpaired) electrons. The van der Waals surface area contributed by atoms with Crippen molar-refractivity contribution in [2.75, 3.05) is 26.7 Å². The summed E-state index contributed by atoms with van der Waals surface area (Å²) >= 11 is 0. The molecule has 140 valence electrons. The van der Waals surface area contributed by atoms with Gasteiger partial charge in [0, 0.05) is 44.7 Å². The topological polar surface area (TPSA) is 78.5 Å². The highest BCUT2D eigenvalue weighted by Gasteiger charge is 2.15. The first-order chi connectivity index (χ1) is 12.6. The zero-order valence-corrected chi connectivity index (χ0v) is 15.3. The highest BCUT2D eigenvalue weighted by molar-refractivity contribution is 5.94. The average molecular weight is 357 g/mol. The van der Waals surface area contributed by atoms with Crippen molar-refractivity contribution < 1.29 is 14.4 Å². The van der Waals surface area contributed by atoms with E-state index in [1.807, 2.05) is 4.90 Å². The zero-order valence-electron chi connectivity index (χ0n) is 15.3. The molecule has 0 unspecified atom stereocenters. The van der Waals surface area contributed by atoms with Crippen LogP contribution in [0.2, 0.25) is 0 Å². The summed E-state index contributed by atoms with van der Waals surface area (Å²) in [5, 5.41) is 5.40. The van der Waals surface area contributed by atoms with Crippen LogP contribution < -0.4 is 10.6 Å². The standard InChI is InChI=1S/C20H27N3O3/c1-21-20(26)17-10-7-16(8-11-17)9-12-18(24)22-13-5-15-23-14-4-2-3-6-19(23)25/h7-12H,2-6,13-15H2,1H3,(H,21,26)(H,22,24)/b12-9+. The Kier molecular flexibility index (Phi) is 7.86. The Hall–Kier alpha value is -2.63. The Balaban J connectivity index is 1.70. The molecule has 2 rings (SSSR count). The maximum atomic E-state index is 11.9. The molecule has 0 bridgehead atoms. The van der Waals surface area contributed by atoms with E-state index in [2.05, 4.69) is 10.6 Å². The predicted octanol–water partition coefficient (Wildman–Crippen LogP) is 1.97. The molecule has 0 spiro atoms. The third-order valence-electron chi connectivity index (χ3n) is 4.40. The van der Waals surface area contributed by atoms with Crippen molar-refractivity contribution in [3.8, 4) is 0 Å². The van der Waals surface area contributed by atoms with E-state index in [1.54, 1.807) is 37.4 Å². The number of nitrogens with one attached hydrogen (secondary N) is 2. The van der Waals surface area contributed by atoms with Gasteiger partial charge in [0.15, 0.2) is 0 Å². The third-order valence-corrected chi connectivity index (χ3v) is 4.40. The molecule has 1 aromatic rings. The van der Waals surface area contributed by atoms with Crippen molar-refractivity contribution in [2.24, 2.45) is 0 Å². The van der Waals surface area contributed by atoms with Gasteiger partial charge in [0.25, 0.3) is 5.91 Å². The fraction of sp³-hybridized carbons (Fsp3) is 0.450. The van der Waals surface area contributed by atoms with E-state index in [-0.39, 0.29) is 17.7 Å². The second kappa shape index (κ2) is 10.4. The second-order valence-electron chi connectivity index (χ2n) is 6.37. The van der Waals surface area contributed by atoms with Crippen LogP contribution in [0.5, 0.6) is 0 Å². The van der Waals surface area contributed by atoms with Crippen LogP contribution in [0.1, 0.15) is 48.0 Å². The number of carbonyl (C=O) groups excluding carboxylic acids is 3. The van der Waals surface area contributed by atoms with Gasteiger partial charge >= 0.3 is 0 Å². The molecule has 1 fully saturated rings. The van der Waals surface area contributed by atoms with E-state index in [0.29, 0.717) is 25.1 Å². The number of amides is 3. The van der Waals surface area contributed by atoms with Gasteiger partial charge in [-0.2, -0.15) is 0 Å². The first-order valence-electron chi connectivity index (χ1n) is 9.16. The lowest BCUT2D eigenvalue weighted by Gasteiger charge is -2.20. The van der Waals surface area contributed by atoms with E-state index in [0.717, 1.165) is 37.8 Å². The van der Waals surface area contributed by atoms with Crippen LogP contribution in [-0.2, 0) is 9.59 Å². The van der Waals surface area contributed by atoms with E-state index < -0.39 is 0 Å². The molecular formula is C20H27N3O3. The van der Waals surface area contributed by atoms with Gasteiger partial charge in [-0.25, -0.2) is 0 Å². The molecule has 6 nitrogen and oxygen atoms in total. The quantitative estimate of drug-likeness (QED) is 0.578. The number of carbonyl (C=O) groups is 3. The Morgan fingerprint density at radius 1 is 1.15 bits per heavy atom. The first kappa shape index (κ1) is 19.7. The van der Waals surface area contributed by atoms with Gasteiger partial charge in [0.2, 0.25) is 11.8 Å². The highest BCUT2D eigenvalue weighted by atomic mass is 16.2. The van der Waals surface area contributed by atoms with Crippen LogP contribution in [0, 0.1) is 0 Å². The normalized spacial score (nSPS) is 15.0. The Bertz CT molecular complexity index is 653. The summed E-state index contributed by atoms with van der Waals surface area (Å²) in [5.41, 5.74) is 1.43. The van der Waals surface area contributed by atoms with Gasteiger partial charge < -0.3 is 15.5 Å². The predicted molar refractivity (Wildman–Crippen MR) is 102 cm³/mol. The summed E-state index contributed by atoms with van der Waals surface area (Å²) in [5.74, 6) is -0.0716. The smallest absolute Gasteiger partial charge is 0.251 e. The van der Waals surface area contributed by atoms with Gasteiger partial charge in [0.1, 0.15) is 0 Å². The first-order valence-corrected chi connectivity index (χ1v) is 9.16. The van der Waals surface area contributed by atoms with Crippen molar-refractivity contribution in [1.29, 1.82) is 0 Å². The van der Waals surface area contributed by atoms with Crippen molar-refractivity contribution in [1.82, 2.24) is 15.5 Å². The van der Waals surface area contributed by atoms with E-state index in [1.165, 1.54) is 6.08 Å². The minimum absolute atomic E-state index is 0.138. The maximum Gasteiger partial charge on any atom is 0.251 e. The lowest BCUT2D eigenvalue weighted by molar-refractivity contribution is -0.130. The molecule has 1 aliphatic heterocycles. The van der Waals surface area contributed by atoms with Crippen molar-refractivity contribution >= 4 is 23.8 Å². The molecule has 0 saturated carbocycles. The minimum Gasteiger partial charge on any atom is -0.355 e. The molecule has 2 N–H and O–H groups in total. The molecule has 0 aromatic heterocycles. The third kappa shape index (κ3) is 6.35. The van der Waals surface area contributed by atoms with Crippen molar-refractivity contribution in [3.63, 3.8) is 0 Å². The van der Waals surface area contributed by atoms with Gasteiger partial charge in [-0.05, 0) is 43.0 Å². The monoisotopic (exact) mass is 357 g/mol. The fourth-order valence-electron chi connectivity index (χ4n) is 2.88. The lowest BCUT2D eigenvalue weighted by Crippen LogP contribution is -2.33. The Labute approximate surface area is 154 Å². The van der Waals surface area contributed by atoms with Crippen LogP contribution in [0.3, 0.4) is 0 Å². The number of nitrogens with zero attached hydrogens (tertiary/aromatic N) is 1. The van der Waals surface area contributed by atoms with Gasteiger partial charge in [-0.1, -0.05) is 18.6 Å². The summed E-state index contributed by atoms with van der Waals surface area (Å²) in [4.78, 5) is 37.1. The maximum absolute atomic E-state index is 11.9. The summed E-state index contributed by atoms with van der Waals surface area (Å²) in [6.07, 6.45) is 7.77. The van der Waals surface area contributed by atoms with Gasteiger partial charge in [-0.15, -0.1) is 0 Å². The Morgan fingerprint density at radius 3 is 2.65 bits per heavy atom. The second-order valence-corrected chi connectivity index (χ2v) is 6.37. The number of benzene rings is 1. The molecule has 1 aromatic carbocycles. The van der Waals surface area contributed by atoms with Gasteiger partial charge in [-0.3, -0.25) is 14.4 Å². The fourth-order valence-corrected chi connectivity index (χ4v) is 2.88. The summed E-state index contributed by atoms with van der Waals surface area (Å²) in [6.45, 7) is 2.07. The Morgan fingerprint density at radius 2 is 1.92 bits per heavy atom. The molecule has 1 heterocycles. The van der Waals surface area contributed by atoms with Gasteiger partial charge in [0.05, 0.1) is 0 Å². The van der Waals surface area contributed by atoms with Crippen molar-refractivity contribution in [2.45, 2.75) is 32.1 Å². The van der Waals surface area contributed by atoms with Crippen LogP contribution >= 0.6 is 0 Å². The van der Waals surface area contributed by atoms with E-state index in [9.17, 15) is 14.4 Å². The number of hydrogen-bond acceptors (Lipinski definition) is 3. The molecule has 0 atom stereocenters. The largest absolute Gasteiger partial charge is 0.355 e. The molecule has 3 amide bonds. The minimum atomic E-state index is -0.164. The van der Waals surface area contributed by atoms with Crippen LogP contribution in [0.25, 0.3) is 6.08 Å². The van der Waals surface area contributed by atoms with E-state index in [4.69, 9.17) is 0 Å². The average Bonchev–Trinajstić information content (AvgIpc) is 2.87. The van der Waals surface area contributed by atoms with Crippen LogP contribution in [0.4, 0.5) is 0 Å². The van der Waals surface area contributed by atoms with Crippen LogP contribution in [-0.4, -0.2) is 49.3 Å². The van der Waals surface area contributed by atoms with E-state index >= 15 is 0 Å². The molecule has 1 saturated heterocycles. The van der Waals surface area contributed by atoms with Crippen molar-refractivity contribution in [3.05, 3.63) is 41.5 Å². The summed E-state index contributed by atoms with van der Waals surface area (Å²) in [6, 6.07) is 7.02. The molecule has 6 heteroatoms. The molecule has 1 aliphatic rings. The lowest BCUT2D eigenvalue weighted by atomic mass is 10.1. The highest BCUT2D eigenvalue weighted by Crippen LogP contribution is 2.11. The number of rotatable bonds is 7. The molecule has 0 aliphatic carbocycles. The summed E-state index contributed by atoms with van der Waals surface area (Å²) in [7, 11) is 1.59.